The van der Waals surface area contributed by atoms with Crippen molar-refractivity contribution in [2.45, 2.75) is 26.9 Å². The molecule has 0 radical (unpaired) electrons. The van der Waals surface area contributed by atoms with E-state index in [-0.39, 0.29) is 15.9 Å². The first-order valence-corrected chi connectivity index (χ1v) is 7.93. The van der Waals surface area contributed by atoms with Crippen LogP contribution in [0, 0.1) is 5.41 Å². The molecule has 2 rings (SSSR count). The number of thiazole rings is 1. The second-order valence-corrected chi connectivity index (χ2v) is 7.36. The lowest BCUT2D eigenvalue weighted by molar-refractivity contribution is -0.137. The van der Waals surface area contributed by atoms with Crippen molar-refractivity contribution in [3.8, 4) is 0 Å². The average molecular weight is 355 g/mol. The number of rotatable bonds is 2. The summed E-state index contributed by atoms with van der Waals surface area (Å²) >= 11 is 0.951. The third kappa shape index (κ3) is 4.23. The highest BCUT2D eigenvalue weighted by Crippen LogP contribution is 2.32. The van der Waals surface area contributed by atoms with Gasteiger partial charge in [0, 0.05) is 11.5 Å². The van der Waals surface area contributed by atoms with Gasteiger partial charge < -0.3 is 4.98 Å². The minimum absolute atomic E-state index is 0.0916. The van der Waals surface area contributed by atoms with Crippen LogP contribution in [0.3, 0.4) is 0 Å². The summed E-state index contributed by atoms with van der Waals surface area (Å²) in [6.07, 6.45) is -2.02. The Bertz CT molecular complexity index is 930. The Morgan fingerprint density at radius 2 is 1.79 bits per heavy atom. The van der Waals surface area contributed by atoms with E-state index in [1.165, 1.54) is 30.4 Å². The summed E-state index contributed by atoms with van der Waals surface area (Å²) in [7, 11) is 0. The molecule has 1 aromatic heterocycles. The Morgan fingerprint density at radius 3 is 2.38 bits per heavy atom. The Balaban J connectivity index is 2.57. The number of hydrogen-bond donors (Lipinski definition) is 1. The number of ketones is 1. The first-order valence-electron chi connectivity index (χ1n) is 7.12. The third-order valence-corrected chi connectivity index (χ3v) is 4.20. The quantitative estimate of drug-likeness (QED) is 0.900. The fourth-order valence-corrected chi connectivity index (χ4v) is 2.76. The smallest absolute Gasteiger partial charge is 0.313 e. The van der Waals surface area contributed by atoms with Crippen molar-refractivity contribution in [1.29, 1.82) is 0 Å². The number of carbonyl (C=O) groups excluding carboxylic acids is 1. The van der Waals surface area contributed by atoms with Crippen LogP contribution in [-0.2, 0) is 11.0 Å². The third-order valence-electron chi connectivity index (χ3n) is 3.23. The molecule has 0 bridgehead atoms. The monoisotopic (exact) mass is 355 g/mol. The minimum Gasteiger partial charge on any atom is -0.313 e. The van der Waals surface area contributed by atoms with Crippen LogP contribution in [0.5, 0.6) is 0 Å². The molecule has 128 valence electrons. The number of aromatic amines is 1. The van der Waals surface area contributed by atoms with Crippen LogP contribution in [0.1, 0.15) is 31.9 Å². The van der Waals surface area contributed by atoms with Gasteiger partial charge in [0.05, 0.1) is 14.8 Å². The van der Waals surface area contributed by atoms with Crippen molar-refractivity contribution in [1.82, 2.24) is 4.98 Å². The highest BCUT2D eigenvalue weighted by molar-refractivity contribution is 7.07. The highest BCUT2D eigenvalue weighted by Gasteiger charge is 2.32. The number of alkyl halides is 3. The van der Waals surface area contributed by atoms with Gasteiger partial charge in [-0.1, -0.05) is 39.0 Å². The minimum atomic E-state index is -4.51. The molecular weight excluding hydrogens is 339 g/mol. The number of nitrogens with one attached hydrogen (secondary N) is 1. The standard InChI is InChI=1S/C17H16F3NO2S/c1-16(2,3)13(22)9-14-21-15(23)12(24-14)8-10-6-4-5-7-11(10)17(18,19)20/h4-9H,1-3H3,(H,21,23). The zero-order chi connectivity index (χ0) is 18.1. The fraction of sp³-hybridized carbons (Fsp3) is 0.294. The molecule has 0 aliphatic heterocycles. The van der Waals surface area contributed by atoms with E-state index >= 15 is 0 Å². The number of halogens is 3. The van der Waals surface area contributed by atoms with E-state index in [4.69, 9.17) is 0 Å². The lowest BCUT2D eigenvalue weighted by atomic mass is 9.91. The van der Waals surface area contributed by atoms with Gasteiger partial charge in [-0.15, -0.1) is 11.3 Å². The lowest BCUT2D eigenvalue weighted by Crippen LogP contribution is -2.22. The molecule has 0 spiro atoms. The van der Waals surface area contributed by atoms with Crippen molar-refractivity contribution in [3.63, 3.8) is 0 Å². The Morgan fingerprint density at radius 1 is 1.17 bits per heavy atom. The first-order chi connectivity index (χ1) is 11.0. The van der Waals surface area contributed by atoms with Crippen molar-refractivity contribution in [2.24, 2.45) is 5.41 Å². The number of aromatic nitrogens is 1. The predicted molar refractivity (Wildman–Crippen MR) is 88.1 cm³/mol. The molecular formula is C17H16F3NO2S. The number of H-pyrrole nitrogens is 1. The van der Waals surface area contributed by atoms with Gasteiger partial charge in [0.15, 0.2) is 5.78 Å². The van der Waals surface area contributed by atoms with E-state index in [9.17, 15) is 22.8 Å². The summed E-state index contributed by atoms with van der Waals surface area (Å²) in [5.74, 6) is -0.178. The largest absolute Gasteiger partial charge is 0.416 e. The summed E-state index contributed by atoms with van der Waals surface area (Å²) in [6.45, 7) is 5.22. The van der Waals surface area contributed by atoms with Gasteiger partial charge in [-0.2, -0.15) is 13.2 Å². The van der Waals surface area contributed by atoms with Gasteiger partial charge in [-0.05, 0) is 17.7 Å². The zero-order valence-electron chi connectivity index (χ0n) is 13.3. The average Bonchev–Trinajstić information content (AvgIpc) is 2.77. The van der Waals surface area contributed by atoms with Gasteiger partial charge >= 0.3 is 6.18 Å². The van der Waals surface area contributed by atoms with E-state index in [0.29, 0.717) is 4.66 Å². The molecule has 7 heteroatoms. The molecule has 0 saturated heterocycles. The molecule has 24 heavy (non-hydrogen) atoms. The molecule has 2 aromatic rings. The van der Waals surface area contributed by atoms with Gasteiger partial charge in [-0.25, -0.2) is 0 Å². The normalized spacial score (nSPS) is 14.2. The van der Waals surface area contributed by atoms with Gasteiger partial charge in [0.2, 0.25) is 0 Å². The van der Waals surface area contributed by atoms with Crippen LogP contribution < -0.4 is 14.8 Å². The highest BCUT2D eigenvalue weighted by atomic mass is 32.1. The van der Waals surface area contributed by atoms with E-state index in [1.54, 1.807) is 20.8 Å². The van der Waals surface area contributed by atoms with Crippen LogP contribution in [0.2, 0.25) is 0 Å². The maximum absolute atomic E-state index is 13.0. The van der Waals surface area contributed by atoms with Crippen molar-refractivity contribution in [3.05, 3.63) is 54.9 Å². The van der Waals surface area contributed by atoms with Crippen molar-refractivity contribution < 1.29 is 18.0 Å². The van der Waals surface area contributed by atoms with Crippen LogP contribution in [0.25, 0.3) is 12.2 Å². The molecule has 3 nitrogen and oxygen atoms in total. The summed E-state index contributed by atoms with van der Waals surface area (Å²) in [4.78, 5) is 26.4. The second-order valence-electron chi connectivity index (χ2n) is 6.27. The second kappa shape index (κ2) is 6.39. The summed E-state index contributed by atoms with van der Waals surface area (Å²) in [5.41, 5.74) is -2.03. The number of benzene rings is 1. The van der Waals surface area contributed by atoms with Crippen LogP contribution >= 0.6 is 11.3 Å². The molecule has 1 heterocycles. The maximum atomic E-state index is 13.0. The molecule has 1 N–H and O–H groups in total. The number of hydrogen-bond acceptors (Lipinski definition) is 3. The fourth-order valence-electron chi connectivity index (χ4n) is 1.88. The molecule has 0 unspecified atom stereocenters. The first kappa shape index (κ1) is 18.2. The van der Waals surface area contributed by atoms with E-state index in [1.807, 2.05) is 0 Å². The van der Waals surface area contributed by atoms with E-state index < -0.39 is 22.7 Å². The molecule has 0 amide bonds. The maximum Gasteiger partial charge on any atom is 0.416 e. The molecule has 0 aliphatic carbocycles. The Kier molecular flexibility index (Phi) is 4.85. The van der Waals surface area contributed by atoms with E-state index in [0.717, 1.165) is 17.4 Å². The Hall–Kier alpha value is -2.15. The van der Waals surface area contributed by atoms with Crippen LogP contribution in [-0.4, -0.2) is 10.8 Å². The number of Topliss-reactive ketones (excluding diaryl/α,β-unsaturated/α-hetero) is 1. The summed E-state index contributed by atoms with van der Waals surface area (Å²) in [5, 5.41) is 0. The van der Waals surface area contributed by atoms with Crippen molar-refractivity contribution in [2.75, 3.05) is 0 Å². The Labute approximate surface area is 140 Å². The lowest BCUT2D eigenvalue weighted by Gasteiger charge is -2.12. The van der Waals surface area contributed by atoms with Crippen LogP contribution in [0.4, 0.5) is 13.2 Å². The van der Waals surface area contributed by atoms with Crippen LogP contribution in [0.15, 0.2) is 29.1 Å². The zero-order valence-corrected chi connectivity index (χ0v) is 14.1. The molecule has 0 aliphatic rings. The van der Waals surface area contributed by atoms with Crippen molar-refractivity contribution >= 4 is 29.3 Å². The molecule has 0 atom stereocenters. The van der Waals surface area contributed by atoms with Gasteiger partial charge in [-0.3, -0.25) is 9.59 Å². The van der Waals surface area contributed by atoms with Gasteiger partial charge in [0.1, 0.15) is 0 Å². The molecule has 1 aromatic carbocycles. The van der Waals surface area contributed by atoms with E-state index in [2.05, 4.69) is 4.98 Å². The number of carbonyl (C=O) groups is 1. The topological polar surface area (TPSA) is 49.9 Å². The van der Waals surface area contributed by atoms with Gasteiger partial charge in [0.25, 0.3) is 5.56 Å². The summed E-state index contributed by atoms with van der Waals surface area (Å²) in [6, 6.07) is 5.02. The summed E-state index contributed by atoms with van der Waals surface area (Å²) < 4.78 is 39.4. The predicted octanol–water partition coefficient (Wildman–Crippen LogP) is 2.68. The molecule has 0 fully saturated rings. The SMILES string of the molecule is CC(C)(C)C(=O)C=c1[nH]c(=O)c(=Cc2ccccc2C(F)(F)F)s1. The molecule has 0 saturated carbocycles.